The minimum absolute atomic E-state index is 0.200. The predicted octanol–water partition coefficient (Wildman–Crippen LogP) is 3.87. The van der Waals surface area contributed by atoms with Gasteiger partial charge in [0.15, 0.2) is 0 Å². The molecule has 6 nitrogen and oxygen atoms in total. The van der Waals surface area contributed by atoms with Gasteiger partial charge in [0.2, 0.25) is 5.76 Å². The first kappa shape index (κ1) is 20.6. The third-order valence-electron chi connectivity index (χ3n) is 4.88. The minimum atomic E-state index is -0.280. The van der Waals surface area contributed by atoms with Crippen LogP contribution in [0.1, 0.15) is 44.5 Å². The number of hydrogen-bond acceptors (Lipinski definition) is 5. The van der Waals surface area contributed by atoms with E-state index in [1.807, 2.05) is 37.3 Å². The number of nitrogens with one attached hydrogen (secondary N) is 2. The molecule has 1 heterocycles. The molecule has 0 fully saturated rings. The van der Waals surface area contributed by atoms with Gasteiger partial charge in [-0.25, -0.2) is 0 Å². The van der Waals surface area contributed by atoms with E-state index in [4.69, 9.17) is 9.26 Å². The lowest BCUT2D eigenvalue weighted by atomic mass is 10.0. The monoisotopic (exact) mass is 393 g/mol. The van der Waals surface area contributed by atoms with E-state index in [1.165, 1.54) is 5.56 Å². The molecule has 2 aromatic carbocycles. The number of aromatic nitrogens is 1. The van der Waals surface area contributed by atoms with Gasteiger partial charge in [-0.15, -0.1) is 0 Å². The Kier molecular flexibility index (Phi) is 6.67. The Bertz CT molecular complexity index is 967. The van der Waals surface area contributed by atoms with Crippen molar-refractivity contribution in [2.45, 2.75) is 33.4 Å². The average Bonchev–Trinajstić information content (AvgIpc) is 3.16. The van der Waals surface area contributed by atoms with Gasteiger partial charge in [-0.05, 0) is 49.1 Å². The lowest BCUT2D eigenvalue weighted by molar-refractivity contribution is 0.0898. The molecule has 0 aliphatic heterocycles. The molecule has 0 spiro atoms. The maximum atomic E-state index is 12.6. The van der Waals surface area contributed by atoms with Gasteiger partial charge in [0.25, 0.3) is 5.91 Å². The van der Waals surface area contributed by atoms with Crippen LogP contribution in [0.25, 0.3) is 0 Å². The van der Waals surface area contributed by atoms with E-state index < -0.39 is 0 Å². The van der Waals surface area contributed by atoms with Crippen LogP contribution in [0.15, 0.2) is 53.1 Å². The van der Waals surface area contributed by atoms with Crippen LogP contribution in [-0.4, -0.2) is 24.7 Å². The van der Waals surface area contributed by atoms with Crippen molar-refractivity contribution in [2.24, 2.45) is 0 Å². The van der Waals surface area contributed by atoms with Crippen molar-refractivity contribution in [2.75, 3.05) is 13.7 Å². The van der Waals surface area contributed by atoms with E-state index in [1.54, 1.807) is 20.1 Å². The van der Waals surface area contributed by atoms with Crippen molar-refractivity contribution in [1.82, 2.24) is 15.8 Å². The standard InChI is InChI=1S/C23H27N3O3/c1-15-11-21(28-4)16(2)10-19(15)13-24-14-20(18-8-6-5-7-9-18)25-23(27)22-12-17(3)26-29-22/h5-12,20,24H,13-14H2,1-4H3,(H,25,27). The van der Waals surface area contributed by atoms with Crippen molar-refractivity contribution in [3.8, 4) is 5.75 Å². The van der Waals surface area contributed by atoms with Crippen LogP contribution in [0.5, 0.6) is 5.75 Å². The highest BCUT2D eigenvalue weighted by molar-refractivity contribution is 5.91. The van der Waals surface area contributed by atoms with Crippen molar-refractivity contribution in [3.63, 3.8) is 0 Å². The zero-order valence-corrected chi connectivity index (χ0v) is 17.3. The van der Waals surface area contributed by atoms with Crippen molar-refractivity contribution < 1.29 is 14.1 Å². The Balaban J connectivity index is 1.69. The number of methoxy groups -OCH3 is 1. The van der Waals surface area contributed by atoms with Crippen LogP contribution in [0.3, 0.4) is 0 Å². The van der Waals surface area contributed by atoms with Crippen molar-refractivity contribution >= 4 is 5.91 Å². The Morgan fingerprint density at radius 1 is 1.10 bits per heavy atom. The van der Waals surface area contributed by atoms with Gasteiger partial charge in [0.05, 0.1) is 18.8 Å². The van der Waals surface area contributed by atoms with Gasteiger partial charge >= 0.3 is 0 Å². The number of amides is 1. The van der Waals surface area contributed by atoms with Crippen LogP contribution < -0.4 is 15.4 Å². The molecule has 0 aliphatic carbocycles. The summed E-state index contributed by atoms with van der Waals surface area (Å²) in [5.41, 5.74) is 5.16. The molecule has 3 rings (SSSR count). The van der Waals surface area contributed by atoms with Gasteiger partial charge in [-0.3, -0.25) is 4.79 Å². The molecule has 2 N–H and O–H groups in total. The molecule has 0 aliphatic rings. The first-order valence-electron chi connectivity index (χ1n) is 9.62. The van der Waals surface area contributed by atoms with Crippen LogP contribution in [0, 0.1) is 20.8 Å². The molecule has 0 radical (unpaired) electrons. The van der Waals surface area contributed by atoms with Gasteiger partial charge in [-0.1, -0.05) is 41.6 Å². The first-order chi connectivity index (χ1) is 14.0. The normalized spacial score (nSPS) is 11.9. The van der Waals surface area contributed by atoms with Crippen LogP contribution in [0.2, 0.25) is 0 Å². The summed E-state index contributed by atoms with van der Waals surface area (Å²) in [6.07, 6.45) is 0. The summed E-state index contributed by atoms with van der Waals surface area (Å²) >= 11 is 0. The second-order valence-corrected chi connectivity index (χ2v) is 7.15. The molecule has 152 valence electrons. The second kappa shape index (κ2) is 9.39. The lowest BCUT2D eigenvalue weighted by Gasteiger charge is -2.20. The van der Waals surface area contributed by atoms with E-state index in [-0.39, 0.29) is 17.7 Å². The third kappa shape index (κ3) is 5.23. The van der Waals surface area contributed by atoms with Crippen LogP contribution >= 0.6 is 0 Å². The highest BCUT2D eigenvalue weighted by Gasteiger charge is 2.18. The number of carbonyl (C=O) groups excluding carboxylic acids is 1. The molecule has 0 saturated carbocycles. The average molecular weight is 393 g/mol. The van der Waals surface area contributed by atoms with E-state index in [0.29, 0.717) is 18.8 Å². The van der Waals surface area contributed by atoms with Crippen molar-refractivity contribution in [1.29, 1.82) is 0 Å². The highest BCUT2D eigenvalue weighted by atomic mass is 16.5. The van der Waals surface area contributed by atoms with E-state index >= 15 is 0 Å². The molecule has 1 aromatic heterocycles. The van der Waals surface area contributed by atoms with E-state index in [9.17, 15) is 4.79 Å². The molecule has 0 saturated heterocycles. The Hall–Kier alpha value is -3.12. The fraction of sp³-hybridized carbons (Fsp3) is 0.304. The summed E-state index contributed by atoms with van der Waals surface area (Å²) in [4.78, 5) is 12.6. The van der Waals surface area contributed by atoms with Gasteiger partial charge in [0, 0.05) is 19.2 Å². The first-order valence-corrected chi connectivity index (χ1v) is 9.62. The molecule has 0 bridgehead atoms. The summed E-state index contributed by atoms with van der Waals surface area (Å²) in [5, 5.41) is 10.3. The quantitative estimate of drug-likeness (QED) is 0.608. The highest BCUT2D eigenvalue weighted by Crippen LogP contribution is 2.22. The number of ether oxygens (including phenoxy) is 1. The number of benzene rings is 2. The van der Waals surface area contributed by atoms with Crippen LogP contribution in [0.4, 0.5) is 0 Å². The topological polar surface area (TPSA) is 76.4 Å². The minimum Gasteiger partial charge on any atom is -0.496 e. The zero-order valence-electron chi connectivity index (χ0n) is 17.3. The molecule has 1 unspecified atom stereocenters. The van der Waals surface area contributed by atoms with Gasteiger partial charge in [-0.2, -0.15) is 0 Å². The summed E-state index contributed by atoms with van der Waals surface area (Å²) < 4.78 is 10.5. The molecule has 3 aromatic rings. The smallest absolute Gasteiger partial charge is 0.290 e. The molecule has 6 heteroatoms. The summed E-state index contributed by atoms with van der Waals surface area (Å²) in [6, 6.07) is 15.5. The Morgan fingerprint density at radius 3 is 2.52 bits per heavy atom. The fourth-order valence-electron chi connectivity index (χ4n) is 3.25. The number of rotatable bonds is 8. The number of carbonyl (C=O) groups is 1. The summed E-state index contributed by atoms with van der Waals surface area (Å²) in [7, 11) is 1.68. The summed E-state index contributed by atoms with van der Waals surface area (Å²) in [6.45, 7) is 7.16. The molecule has 1 amide bonds. The lowest BCUT2D eigenvalue weighted by Crippen LogP contribution is -2.35. The second-order valence-electron chi connectivity index (χ2n) is 7.15. The molecule has 29 heavy (non-hydrogen) atoms. The third-order valence-corrected chi connectivity index (χ3v) is 4.88. The SMILES string of the molecule is COc1cc(C)c(CNCC(NC(=O)c2cc(C)no2)c2ccccc2)cc1C. The van der Waals surface area contributed by atoms with Crippen molar-refractivity contribution in [3.05, 3.63) is 82.2 Å². The fourth-order valence-corrected chi connectivity index (χ4v) is 3.25. The largest absolute Gasteiger partial charge is 0.496 e. The number of aryl methyl sites for hydroxylation is 3. The zero-order chi connectivity index (χ0) is 20.8. The summed E-state index contributed by atoms with van der Waals surface area (Å²) in [5.74, 6) is 0.825. The maximum Gasteiger partial charge on any atom is 0.290 e. The Labute approximate surface area is 171 Å². The number of hydrogen-bond donors (Lipinski definition) is 2. The van der Waals surface area contributed by atoms with Gasteiger partial charge in [0.1, 0.15) is 5.75 Å². The van der Waals surface area contributed by atoms with E-state index in [2.05, 4.69) is 34.8 Å². The Morgan fingerprint density at radius 2 is 1.86 bits per heavy atom. The van der Waals surface area contributed by atoms with Crippen LogP contribution in [-0.2, 0) is 6.54 Å². The molecule has 1 atom stereocenters. The van der Waals surface area contributed by atoms with Gasteiger partial charge < -0.3 is 19.9 Å². The molecular formula is C23H27N3O3. The molecular weight excluding hydrogens is 366 g/mol. The maximum absolute atomic E-state index is 12.6. The van der Waals surface area contributed by atoms with E-state index in [0.717, 1.165) is 22.4 Å². The number of nitrogens with zero attached hydrogens (tertiary/aromatic N) is 1. The predicted molar refractivity (Wildman–Crippen MR) is 112 cm³/mol.